The summed E-state index contributed by atoms with van der Waals surface area (Å²) in [4.78, 5) is 40.6. The third-order valence-corrected chi connectivity index (χ3v) is 6.81. The smallest absolute Gasteiger partial charge is 0.296 e. The van der Waals surface area contributed by atoms with E-state index >= 15 is 0 Å². The molecule has 1 fully saturated rings. The minimum Gasteiger partial charge on any atom is -0.341 e. The molecule has 1 aliphatic heterocycles. The van der Waals surface area contributed by atoms with E-state index in [0.29, 0.717) is 16.6 Å². The summed E-state index contributed by atoms with van der Waals surface area (Å²) in [6.45, 7) is 3.62. The van der Waals surface area contributed by atoms with Gasteiger partial charge in [-0.25, -0.2) is 0 Å². The number of para-hydroxylation sites is 1. The second-order valence-corrected chi connectivity index (χ2v) is 9.08. The van der Waals surface area contributed by atoms with Gasteiger partial charge in [-0.3, -0.25) is 14.4 Å². The minimum atomic E-state index is -0.700. The lowest BCUT2D eigenvalue weighted by Gasteiger charge is -2.20. The number of fused-ring (bicyclic) bond motifs is 1. The van der Waals surface area contributed by atoms with Crippen LogP contribution in [0.5, 0.6) is 0 Å². The molecule has 1 aromatic heterocycles. The topological polar surface area (TPSA) is 71.4 Å². The molecule has 0 unspecified atom stereocenters. The lowest BCUT2D eigenvalue weighted by atomic mass is 10.1. The molecule has 4 rings (SSSR count). The van der Waals surface area contributed by atoms with Crippen molar-refractivity contribution in [2.24, 2.45) is 0 Å². The van der Waals surface area contributed by atoms with Gasteiger partial charge in [0.25, 0.3) is 11.7 Å². The second kappa shape index (κ2) is 9.69. The second-order valence-electron chi connectivity index (χ2n) is 8.23. The van der Waals surface area contributed by atoms with Gasteiger partial charge in [-0.2, -0.15) is 0 Å². The molecular weight excluding hydrogens is 470 g/mol. The number of carbonyl (C=O) groups excluding carboxylic acids is 3. The van der Waals surface area contributed by atoms with Gasteiger partial charge in [-0.05, 0) is 49.6 Å². The number of likely N-dealkylation sites (tertiary alicyclic amines) is 1. The predicted octanol–water partition coefficient (Wildman–Crippen LogP) is 4.94. The molecule has 166 valence electrons. The van der Waals surface area contributed by atoms with Crippen LogP contribution in [-0.4, -0.2) is 40.2 Å². The van der Waals surface area contributed by atoms with Gasteiger partial charge in [0, 0.05) is 40.3 Å². The number of halogens is 1. The van der Waals surface area contributed by atoms with Crippen molar-refractivity contribution >= 4 is 50.1 Å². The fourth-order valence-corrected chi connectivity index (χ4v) is 4.40. The van der Waals surface area contributed by atoms with Crippen LogP contribution >= 0.6 is 15.9 Å². The normalized spacial score (nSPS) is 14.2. The summed E-state index contributed by atoms with van der Waals surface area (Å²) >= 11 is 3.43. The fourth-order valence-electron chi connectivity index (χ4n) is 4.16. The van der Waals surface area contributed by atoms with Gasteiger partial charge in [-0.15, -0.1) is 0 Å². The Labute approximate surface area is 195 Å². The van der Waals surface area contributed by atoms with Gasteiger partial charge < -0.3 is 14.8 Å². The lowest BCUT2D eigenvalue weighted by Crippen LogP contribution is -2.34. The highest BCUT2D eigenvalue weighted by atomic mass is 79.9. The minimum absolute atomic E-state index is 0.0430. The fraction of sp³-hybridized carbons (Fsp3) is 0.320. The van der Waals surface area contributed by atoms with Crippen molar-refractivity contribution in [1.82, 2.24) is 9.47 Å². The van der Waals surface area contributed by atoms with Crippen LogP contribution < -0.4 is 5.32 Å². The molecule has 0 atom stereocenters. The van der Waals surface area contributed by atoms with Gasteiger partial charge in [-0.1, -0.05) is 47.0 Å². The number of ketones is 1. The first kappa shape index (κ1) is 22.3. The van der Waals surface area contributed by atoms with Crippen molar-refractivity contribution in [3.63, 3.8) is 0 Å². The molecule has 0 saturated carbocycles. The Balaban J connectivity index is 1.57. The first-order chi connectivity index (χ1) is 15.4. The van der Waals surface area contributed by atoms with Crippen molar-refractivity contribution in [3.8, 4) is 0 Å². The summed E-state index contributed by atoms with van der Waals surface area (Å²) in [5, 5.41) is 3.36. The Morgan fingerprint density at radius 1 is 1.00 bits per heavy atom. The number of aryl methyl sites for hydroxylation is 1. The van der Waals surface area contributed by atoms with E-state index in [-0.39, 0.29) is 12.5 Å². The van der Waals surface area contributed by atoms with Gasteiger partial charge in [0.1, 0.15) is 6.54 Å². The van der Waals surface area contributed by atoms with Crippen molar-refractivity contribution in [2.45, 2.75) is 39.2 Å². The summed E-state index contributed by atoms with van der Waals surface area (Å²) < 4.78 is 2.71. The molecule has 0 aliphatic carbocycles. The number of carbonyl (C=O) groups is 3. The molecular formula is C25H26BrN3O3. The zero-order chi connectivity index (χ0) is 22.7. The number of benzene rings is 2. The van der Waals surface area contributed by atoms with E-state index in [1.165, 1.54) is 0 Å². The molecule has 7 heteroatoms. The van der Waals surface area contributed by atoms with Crippen LogP contribution in [-0.2, 0) is 16.1 Å². The molecule has 2 aromatic carbocycles. The highest BCUT2D eigenvalue weighted by molar-refractivity contribution is 9.10. The van der Waals surface area contributed by atoms with Crippen molar-refractivity contribution in [2.75, 3.05) is 18.4 Å². The van der Waals surface area contributed by atoms with Crippen LogP contribution in [0.25, 0.3) is 10.9 Å². The highest BCUT2D eigenvalue weighted by Gasteiger charge is 2.23. The number of nitrogens with one attached hydrogen (secondary N) is 1. The molecule has 1 saturated heterocycles. The Kier molecular flexibility index (Phi) is 6.74. The molecule has 2 heterocycles. The van der Waals surface area contributed by atoms with Crippen molar-refractivity contribution in [3.05, 3.63) is 64.3 Å². The Hall–Kier alpha value is -2.93. The van der Waals surface area contributed by atoms with Gasteiger partial charge in [0.05, 0.1) is 5.56 Å². The van der Waals surface area contributed by atoms with Crippen molar-refractivity contribution in [1.29, 1.82) is 0 Å². The lowest BCUT2D eigenvalue weighted by molar-refractivity contribution is -0.131. The third kappa shape index (κ3) is 4.78. The first-order valence-electron chi connectivity index (χ1n) is 10.9. The third-order valence-electron chi connectivity index (χ3n) is 5.92. The summed E-state index contributed by atoms with van der Waals surface area (Å²) in [7, 11) is 0. The van der Waals surface area contributed by atoms with Gasteiger partial charge in [0.15, 0.2) is 0 Å². The average molecular weight is 496 g/mol. The van der Waals surface area contributed by atoms with E-state index in [4.69, 9.17) is 0 Å². The number of aromatic nitrogens is 1. The van der Waals surface area contributed by atoms with Crippen LogP contribution in [0.3, 0.4) is 0 Å². The summed E-state index contributed by atoms with van der Waals surface area (Å²) in [6.07, 6.45) is 5.99. The maximum absolute atomic E-state index is 13.0. The number of amides is 2. The number of Topliss-reactive ketones (excluding diaryl/α,β-unsaturated/α-hetero) is 1. The van der Waals surface area contributed by atoms with Crippen molar-refractivity contribution < 1.29 is 14.4 Å². The standard InChI is InChI=1S/C25H26BrN3O3/c1-17-14-18(10-11-21(17)26)27-25(32)24(31)20-15-29(22-9-5-4-8-19(20)22)16-23(30)28-12-6-2-3-7-13-28/h4-5,8-11,14-15H,2-3,6-7,12-13,16H2,1H3,(H,27,32). The molecule has 0 radical (unpaired) electrons. The number of nitrogens with zero attached hydrogens (tertiary/aromatic N) is 2. The summed E-state index contributed by atoms with van der Waals surface area (Å²) in [5.74, 6) is -1.28. The quantitative estimate of drug-likeness (QED) is 0.402. The molecule has 2 amide bonds. The van der Waals surface area contributed by atoms with E-state index in [1.807, 2.05) is 42.2 Å². The maximum atomic E-state index is 13.0. The number of hydrogen-bond acceptors (Lipinski definition) is 3. The average Bonchev–Trinajstić information content (AvgIpc) is 2.95. The van der Waals surface area contributed by atoms with Crippen LogP contribution in [0.4, 0.5) is 5.69 Å². The van der Waals surface area contributed by atoms with Crippen LogP contribution in [0.2, 0.25) is 0 Å². The number of hydrogen-bond donors (Lipinski definition) is 1. The van der Waals surface area contributed by atoms with Crippen LogP contribution in [0.1, 0.15) is 41.6 Å². The molecule has 1 N–H and O–H groups in total. The Morgan fingerprint density at radius 3 is 2.44 bits per heavy atom. The predicted molar refractivity (Wildman–Crippen MR) is 129 cm³/mol. The maximum Gasteiger partial charge on any atom is 0.296 e. The van der Waals surface area contributed by atoms with E-state index in [9.17, 15) is 14.4 Å². The summed E-state index contributed by atoms with van der Waals surface area (Å²) in [6, 6.07) is 12.8. The molecule has 3 aromatic rings. The molecule has 0 bridgehead atoms. The van der Waals surface area contributed by atoms with E-state index in [2.05, 4.69) is 21.2 Å². The molecule has 32 heavy (non-hydrogen) atoms. The zero-order valence-electron chi connectivity index (χ0n) is 18.1. The van der Waals surface area contributed by atoms with Crippen LogP contribution in [0, 0.1) is 6.92 Å². The first-order valence-corrected chi connectivity index (χ1v) is 11.7. The van der Waals surface area contributed by atoms with E-state index in [1.54, 1.807) is 22.9 Å². The molecule has 0 spiro atoms. The zero-order valence-corrected chi connectivity index (χ0v) is 19.7. The molecule has 1 aliphatic rings. The van der Waals surface area contributed by atoms with Gasteiger partial charge >= 0.3 is 0 Å². The largest absolute Gasteiger partial charge is 0.341 e. The van der Waals surface area contributed by atoms with Crippen LogP contribution in [0.15, 0.2) is 53.1 Å². The van der Waals surface area contributed by atoms with E-state index in [0.717, 1.165) is 54.3 Å². The monoisotopic (exact) mass is 495 g/mol. The summed E-state index contributed by atoms with van der Waals surface area (Å²) in [5.41, 5.74) is 2.59. The molecule has 6 nitrogen and oxygen atoms in total. The van der Waals surface area contributed by atoms with E-state index < -0.39 is 11.7 Å². The SMILES string of the molecule is Cc1cc(NC(=O)C(=O)c2cn(CC(=O)N3CCCCCC3)c3ccccc23)ccc1Br. The van der Waals surface area contributed by atoms with Gasteiger partial charge in [0.2, 0.25) is 5.91 Å². The Bertz CT molecular complexity index is 1180. The number of rotatable bonds is 5. The highest BCUT2D eigenvalue weighted by Crippen LogP contribution is 2.24. The number of anilines is 1. The Morgan fingerprint density at radius 2 is 1.72 bits per heavy atom.